The highest BCUT2D eigenvalue weighted by atomic mass is 32.1. The van der Waals surface area contributed by atoms with Crippen molar-refractivity contribution in [3.8, 4) is 17.0 Å². The van der Waals surface area contributed by atoms with E-state index in [0.717, 1.165) is 11.3 Å². The summed E-state index contributed by atoms with van der Waals surface area (Å²) in [5, 5.41) is 23.1. The smallest absolute Gasteiger partial charge is 0.413 e. The zero-order chi connectivity index (χ0) is 16.1. The lowest BCUT2D eigenvalue weighted by Crippen LogP contribution is -2.13. The molecule has 0 aliphatic rings. The summed E-state index contributed by atoms with van der Waals surface area (Å²) in [6.45, 7) is 3.50. The Morgan fingerprint density at radius 3 is 2.91 bits per heavy atom. The number of benzene rings is 1. The minimum absolute atomic E-state index is 0.0284. The number of ether oxygens (including phenoxy) is 1. The first-order valence-corrected chi connectivity index (χ1v) is 6.96. The number of hydrogen-bond acceptors (Lipinski definition) is 6. The largest absolute Gasteiger partial charge is 0.507 e. The predicted molar refractivity (Wildman–Crippen MR) is 81.3 cm³/mol. The fourth-order valence-corrected chi connectivity index (χ4v) is 2.28. The Kier molecular flexibility index (Phi) is 4.74. The van der Waals surface area contributed by atoms with Gasteiger partial charge in [0.15, 0.2) is 5.13 Å². The third-order valence-electron chi connectivity index (χ3n) is 2.56. The van der Waals surface area contributed by atoms with E-state index in [2.05, 4.69) is 16.9 Å². The van der Waals surface area contributed by atoms with Crippen molar-refractivity contribution < 1.29 is 24.5 Å². The number of amides is 1. The molecule has 22 heavy (non-hydrogen) atoms. The number of carboxylic acids is 1. The van der Waals surface area contributed by atoms with Crippen LogP contribution in [0.1, 0.15) is 10.4 Å². The number of aromatic hydroxyl groups is 1. The van der Waals surface area contributed by atoms with Crippen molar-refractivity contribution in [2.24, 2.45) is 0 Å². The Hall–Kier alpha value is -2.87. The quantitative estimate of drug-likeness (QED) is 0.731. The van der Waals surface area contributed by atoms with Gasteiger partial charge in [0.2, 0.25) is 0 Å². The maximum absolute atomic E-state index is 11.4. The minimum Gasteiger partial charge on any atom is -0.507 e. The number of aromatic nitrogens is 1. The SMILES string of the molecule is C=CCOC(=O)Nc1nc(-c2cc(C(=O)O)ccc2O)cs1. The highest BCUT2D eigenvalue weighted by Gasteiger charge is 2.14. The van der Waals surface area contributed by atoms with E-state index in [0.29, 0.717) is 5.69 Å². The molecule has 0 aliphatic carbocycles. The molecule has 1 amide bonds. The van der Waals surface area contributed by atoms with Gasteiger partial charge in [0, 0.05) is 10.9 Å². The molecule has 0 fully saturated rings. The second kappa shape index (κ2) is 6.72. The van der Waals surface area contributed by atoms with Gasteiger partial charge in [-0.25, -0.2) is 14.6 Å². The number of carbonyl (C=O) groups is 2. The second-order valence-electron chi connectivity index (χ2n) is 4.09. The van der Waals surface area contributed by atoms with Crippen molar-refractivity contribution in [2.45, 2.75) is 0 Å². The van der Waals surface area contributed by atoms with E-state index >= 15 is 0 Å². The van der Waals surface area contributed by atoms with Gasteiger partial charge in [-0.3, -0.25) is 5.32 Å². The molecule has 0 unspecified atom stereocenters. The number of nitrogens with zero attached hydrogens (tertiary/aromatic N) is 1. The van der Waals surface area contributed by atoms with Crippen LogP contribution in [0, 0.1) is 0 Å². The Morgan fingerprint density at radius 2 is 2.23 bits per heavy atom. The average molecular weight is 320 g/mol. The molecule has 0 aliphatic heterocycles. The number of phenolic OH excluding ortho intramolecular Hbond substituents is 1. The fourth-order valence-electron chi connectivity index (χ4n) is 1.59. The zero-order valence-corrected chi connectivity index (χ0v) is 12.1. The number of anilines is 1. The molecule has 0 atom stereocenters. The van der Waals surface area contributed by atoms with E-state index < -0.39 is 12.1 Å². The fraction of sp³-hybridized carbons (Fsp3) is 0.0714. The normalized spacial score (nSPS) is 10.0. The molecule has 0 radical (unpaired) electrons. The van der Waals surface area contributed by atoms with Crippen molar-refractivity contribution in [2.75, 3.05) is 11.9 Å². The monoisotopic (exact) mass is 320 g/mol. The summed E-state index contributed by atoms with van der Waals surface area (Å²) >= 11 is 1.12. The maximum Gasteiger partial charge on any atom is 0.413 e. The zero-order valence-electron chi connectivity index (χ0n) is 11.3. The first kappa shape index (κ1) is 15.5. The van der Waals surface area contributed by atoms with Crippen LogP contribution in [0.2, 0.25) is 0 Å². The van der Waals surface area contributed by atoms with Gasteiger partial charge in [-0.1, -0.05) is 12.7 Å². The second-order valence-corrected chi connectivity index (χ2v) is 4.95. The summed E-state index contributed by atoms with van der Waals surface area (Å²) in [5.74, 6) is -1.21. The Balaban J connectivity index is 2.21. The molecule has 7 nitrogen and oxygen atoms in total. The van der Waals surface area contributed by atoms with Crippen molar-refractivity contribution >= 4 is 28.5 Å². The third-order valence-corrected chi connectivity index (χ3v) is 3.32. The highest BCUT2D eigenvalue weighted by molar-refractivity contribution is 7.14. The van der Waals surface area contributed by atoms with Gasteiger partial charge in [0.25, 0.3) is 0 Å². The number of carbonyl (C=O) groups excluding carboxylic acids is 1. The predicted octanol–water partition coefficient (Wildman–Crippen LogP) is 2.95. The van der Waals surface area contributed by atoms with Crippen LogP contribution in [0.5, 0.6) is 5.75 Å². The molecule has 3 N–H and O–H groups in total. The first-order valence-electron chi connectivity index (χ1n) is 6.08. The average Bonchev–Trinajstić information content (AvgIpc) is 2.93. The number of rotatable bonds is 5. The van der Waals surface area contributed by atoms with E-state index in [1.54, 1.807) is 5.38 Å². The van der Waals surface area contributed by atoms with Gasteiger partial charge in [-0.15, -0.1) is 11.3 Å². The Labute approximate surface area is 129 Å². The Morgan fingerprint density at radius 1 is 1.45 bits per heavy atom. The van der Waals surface area contributed by atoms with Crippen molar-refractivity contribution in [3.05, 3.63) is 41.8 Å². The maximum atomic E-state index is 11.4. The molecule has 0 saturated heterocycles. The van der Waals surface area contributed by atoms with E-state index in [4.69, 9.17) is 9.84 Å². The molecule has 0 spiro atoms. The molecular weight excluding hydrogens is 308 g/mol. The van der Waals surface area contributed by atoms with Crippen LogP contribution in [0.3, 0.4) is 0 Å². The summed E-state index contributed by atoms with van der Waals surface area (Å²) in [5.41, 5.74) is 0.647. The lowest BCUT2D eigenvalue weighted by atomic mass is 10.1. The molecule has 0 bridgehead atoms. The molecule has 1 aromatic carbocycles. The summed E-state index contributed by atoms with van der Waals surface area (Å²) in [6, 6.07) is 3.88. The molecule has 0 saturated carbocycles. The van der Waals surface area contributed by atoms with Gasteiger partial charge in [0.1, 0.15) is 12.4 Å². The van der Waals surface area contributed by atoms with Crippen LogP contribution in [0.15, 0.2) is 36.2 Å². The van der Waals surface area contributed by atoms with Gasteiger partial charge in [0.05, 0.1) is 11.3 Å². The number of carboxylic acid groups (broad SMARTS) is 1. The summed E-state index contributed by atoms with van der Waals surface area (Å²) < 4.78 is 4.76. The number of hydrogen-bond donors (Lipinski definition) is 3. The lowest BCUT2D eigenvalue weighted by Gasteiger charge is -2.03. The molecule has 8 heteroatoms. The van der Waals surface area contributed by atoms with E-state index in [9.17, 15) is 14.7 Å². The van der Waals surface area contributed by atoms with Gasteiger partial charge in [-0.05, 0) is 18.2 Å². The summed E-state index contributed by atoms with van der Waals surface area (Å²) in [4.78, 5) is 26.5. The minimum atomic E-state index is -1.11. The molecule has 2 rings (SSSR count). The molecule has 114 valence electrons. The number of nitrogens with one attached hydrogen (secondary N) is 1. The Bertz CT molecular complexity index is 726. The van der Waals surface area contributed by atoms with Gasteiger partial charge in [-0.2, -0.15) is 0 Å². The van der Waals surface area contributed by atoms with E-state index in [1.807, 2.05) is 0 Å². The van der Waals surface area contributed by atoms with Crippen LogP contribution in [-0.4, -0.2) is 33.9 Å². The van der Waals surface area contributed by atoms with Crippen LogP contribution in [-0.2, 0) is 4.74 Å². The van der Waals surface area contributed by atoms with Crippen LogP contribution in [0.4, 0.5) is 9.93 Å². The molecule has 1 aromatic heterocycles. The number of aromatic carboxylic acids is 1. The van der Waals surface area contributed by atoms with E-state index in [1.165, 1.54) is 24.3 Å². The van der Waals surface area contributed by atoms with E-state index in [-0.39, 0.29) is 28.6 Å². The first-order chi connectivity index (χ1) is 10.5. The lowest BCUT2D eigenvalue weighted by molar-refractivity contribution is 0.0697. The van der Waals surface area contributed by atoms with Crippen LogP contribution in [0.25, 0.3) is 11.3 Å². The summed E-state index contributed by atoms with van der Waals surface area (Å²) in [6.07, 6.45) is 0.756. The topological polar surface area (TPSA) is 109 Å². The number of phenols is 1. The molecule has 1 heterocycles. The van der Waals surface area contributed by atoms with Crippen LogP contribution >= 0.6 is 11.3 Å². The van der Waals surface area contributed by atoms with Crippen molar-refractivity contribution in [1.29, 1.82) is 0 Å². The number of thiazole rings is 1. The highest BCUT2D eigenvalue weighted by Crippen LogP contribution is 2.32. The van der Waals surface area contributed by atoms with Gasteiger partial charge >= 0.3 is 12.1 Å². The molecule has 2 aromatic rings. The third kappa shape index (κ3) is 3.61. The van der Waals surface area contributed by atoms with Crippen LogP contribution < -0.4 is 5.32 Å². The molecular formula is C14H12N2O5S. The van der Waals surface area contributed by atoms with Crippen molar-refractivity contribution in [1.82, 2.24) is 4.98 Å². The van der Waals surface area contributed by atoms with Gasteiger partial charge < -0.3 is 14.9 Å². The van der Waals surface area contributed by atoms with Crippen molar-refractivity contribution in [3.63, 3.8) is 0 Å². The summed E-state index contributed by atoms with van der Waals surface area (Å²) in [7, 11) is 0. The standard InChI is InChI=1S/C14H12N2O5S/c1-2-5-21-14(20)16-13-15-10(7-22-13)9-6-8(12(18)19)3-4-11(9)17/h2-4,6-7,17H,1,5H2,(H,18,19)(H,15,16,20).